The van der Waals surface area contributed by atoms with Gasteiger partial charge in [-0.2, -0.15) is 0 Å². The molecule has 1 aromatic carbocycles. The molecule has 1 aliphatic heterocycles. The lowest BCUT2D eigenvalue weighted by Crippen LogP contribution is -2.31. The van der Waals surface area contributed by atoms with Gasteiger partial charge in [-0.15, -0.1) is 0 Å². The molecule has 0 radical (unpaired) electrons. The molecule has 98 valence electrons. The normalized spacial score (nSPS) is 25.8. The van der Waals surface area contributed by atoms with Gasteiger partial charge in [0.15, 0.2) is 9.84 Å². The van der Waals surface area contributed by atoms with Crippen LogP contribution in [-0.4, -0.2) is 48.3 Å². The van der Waals surface area contributed by atoms with Crippen molar-refractivity contribution in [3.8, 4) is 0 Å². The Morgan fingerprint density at radius 1 is 1.33 bits per heavy atom. The van der Waals surface area contributed by atoms with Gasteiger partial charge in [0, 0.05) is 5.69 Å². The molecule has 7 heteroatoms. The Bertz CT molecular complexity index is 569. The SMILES string of the molecule is O=C(O)c1cccc(N[C@H]2CS(=O)(=O)C[C@H]2O)c1. The maximum Gasteiger partial charge on any atom is 0.335 e. The van der Waals surface area contributed by atoms with E-state index in [0.29, 0.717) is 5.69 Å². The Morgan fingerprint density at radius 3 is 2.61 bits per heavy atom. The molecule has 6 nitrogen and oxygen atoms in total. The van der Waals surface area contributed by atoms with Crippen LogP contribution in [-0.2, 0) is 9.84 Å². The third-order valence-electron chi connectivity index (χ3n) is 2.78. The fraction of sp³-hybridized carbons (Fsp3) is 0.364. The summed E-state index contributed by atoms with van der Waals surface area (Å²) < 4.78 is 22.6. The summed E-state index contributed by atoms with van der Waals surface area (Å²) in [5.74, 6) is -1.47. The predicted molar refractivity (Wildman–Crippen MR) is 65.5 cm³/mol. The fourth-order valence-electron chi connectivity index (χ4n) is 1.92. The first-order chi connectivity index (χ1) is 8.37. The molecule has 0 saturated carbocycles. The molecular weight excluding hydrogens is 258 g/mol. The molecule has 1 saturated heterocycles. The van der Waals surface area contributed by atoms with E-state index >= 15 is 0 Å². The van der Waals surface area contributed by atoms with E-state index in [-0.39, 0.29) is 17.1 Å². The number of sulfone groups is 1. The number of carboxylic acids is 1. The molecule has 3 N–H and O–H groups in total. The Labute approximate surface area is 104 Å². The number of hydrogen-bond donors (Lipinski definition) is 3. The van der Waals surface area contributed by atoms with Crippen molar-refractivity contribution in [3.05, 3.63) is 29.8 Å². The lowest BCUT2D eigenvalue weighted by Gasteiger charge is -2.16. The summed E-state index contributed by atoms with van der Waals surface area (Å²) in [4.78, 5) is 10.8. The van der Waals surface area contributed by atoms with Crippen LogP contribution in [0.5, 0.6) is 0 Å². The van der Waals surface area contributed by atoms with Gasteiger partial charge >= 0.3 is 5.97 Å². The number of carboxylic acid groups (broad SMARTS) is 1. The quantitative estimate of drug-likeness (QED) is 0.712. The number of nitrogens with one attached hydrogen (secondary N) is 1. The number of aliphatic hydroxyl groups excluding tert-OH is 1. The molecule has 0 unspecified atom stereocenters. The second kappa shape index (κ2) is 4.58. The molecule has 0 spiro atoms. The number of benzene rings is 1. The second-order valence-electron chi connectivity index (χ2n) is 4.28. The minimum atomic E-state index is -3.22. The number of hydrogen-bond acceptors (Lipinski definition) is 5. The lowest BCUT2D eigenvalue weighted by atomic mass is 10.1. The zero-order chi connectivity index (χ0) is 13.3. The molecule has 2 rings (SSSR count). The number of aromatic carboxylic acids is 1. The predicted octanol–water partition coefficient (Wildman–Crippen LogP) is -0.0454. The largest absolute Gasteiger partial charge is 0.478 e. The van der Waals surface area contributed by atoms with Crippen molar-refractivity contribution in [1.82, 2.24) is 0 Å². The Morgan fingerprint density at radius 2 is 2.06 bits per heavy atom. The summed E-state index contributed by atoms with van der Waals surface area (Å²) in [5.41, 5.74) is 0.589. The van der Waals surface area contributed by atoms with E-state index in [1.54, 1.807) is 12.1 Å². The van der Waals surface area contributed by atoms with E-state index in [9.17, 15) is 18.3 Å². The Hall–Kier alpha value is -1.60. The van der Waals surface area contributed by atoms with Crippen molar-refractivity contribution in [3.63, 3.8) is 0 Å². The monoisotopic (exact) mass is 271 g/mol. The molecule has 18 heavy (non-hydrogen) atoms. The highest BCUT2D eigenvalue weighted by Gasteiger charge is 2.36. The molecule has 1 fully saturated rings. The third kappa shape index (κ3) is 2.80. The minimum absolute atomic E-state index is 0.107. The first-order valence-corrected chi connectivity index (χ1v) is 7.18. The molecule has 1 heterocycles. The van der Waals surface area contributed by atoms with Crippen molar-refractivity contribution in [1.29, 1.82) is 0 Å². The van der Waals surface area contributed by atoms with E-state index in [4.69, 9.17) is 5.11 Å². The number of rotatable bonds is 3. The van der Waals surface area contributed by atoms with E-state index in [1.165, 1.54) is 12.1 Å². The average Bonchev–Trinajstić information content (AvgIpc) is 2.52. The maximum atomic E-state index is 11.3. The molecule has 0 aliphatic carbocycles. The summed E-state index contributed by atoms with van der Waals surface area (Å²) >= 11 is 0. The second-order valence-corrected chi connectivity index (χ2v) is 6.43. The van der Waals surface area contributed by atoms with E-state index in [0.717, 1.165) is 0 Å². The van der Waals surface area contributed by atoms with Gasteiger partial charge in [0.25, 0.3) is 0 Å². The molecule has 0 bridgehead atoms. The van der Waals surface area contributed by atoms with Crippen LogP contribution in [0.4, 0.5) is 5.69 Å². The van der Waals surface area contributed by atoms with Crippen LogP contribution in [0, 0.1) is 0 Å². The van der Waals surface area contributed by atoms with E-state index in [1.807, 2.05) is 0 Å². The van der Waals surface area contributed by atoms with Crippen LogP contribution < -0.4 is 5.32 Å². The molecule has 2 atom stereocenters. The molecule has 1 aromatic rings. The first-order valence-electron chi connectivity index (χ1n) is 5.36. The van der Waals surface area contributed by atoms with Crippen molar-refractivity contribution in [2.24, 2.45) is 0 Å². The van der Waals surface area contributed by atoms with E-state index < -0.39 is 28.0 Å². The first kappa shape index (κ1) is 12.8. The fourth-order valence-corrected chi connectivity index (χ4v) is 3.66. The smallest absolute Gasteiger partial charge is 0.335 e. The zero-order valence-corrected chi connectivity index (χ0v) is 10.2. The summed E-state index contributed by atoms with van der Waals surface area (Å²) in [5, 5.41) is 21.3. The highest BCUT2D eigenvalue weighted by Crippen LogP contribution is 2.19. The summed E-state index contributed by atoms with van der Waals surface area (Å²) in [6.07, 6.45) is -0.969. The van der Waals surface area contributed by atoms with Crippen LogP contribution >= 0.6 is 0 Å². The van der Waals surface area contributed by atoms with Crippen LogP contribution in [0.15, 0.2) is 24.3 Å². The highest BCUT2D eigenvalue weighted by atomic mass is 32.2. The summed E-state index contributed by atoms with van der Waals surface area (Å²) in [6, 6.07) is 5.43. The van der Waals surface area contributed by atoms with Gasteiger partial charge in [0.1, 0.15) is 0 Å². The Balaban J connectivity index is 2.15. The van der Waals surface area contributed by atoms with Crippen LogP contribution in [0.3, 0.4) is 0 Å². The van der Waals surface area contributed by atoms with Crippen molar-refractivity contribution in [2.45, 2.75) is 12.1 Å². The molecule has 1 aliphatic rings. The molecule has 0 amide bonds. The van der Waals surface area contributed by atoms with Gasteiger partial charge in [-0.25, -0.2) is 13.2 Å². The number of anilines is 1. The van der Waals surface area contributed by atoms with Crippen molar-refractivity contribution < 1.29 is 23.4 Å². The van der Waals surface area contributed by atoms with Crippen LogP contribution in [0.2, 0.25) is 0 Å². The zero-order valence-electron chi connectivity index (χ0n) is 9.41. The van der Waals surface area contributed by atoms with Gasteiger partial charge in [0.2, 0.25) is 0 Å². The topological polar surface area (TPSA) is 104 Å². The van der Waals surface area contributed by atoms with Gasteiger partial charge in [0.05, 0.1) is 29.2 Å². The van der Waals surface area contributed by atoms with E-state index in [2.05, 4.69) is 5.32 Å². The maximum absolute atomic E-state index is 11.3. The average molecular weight is 271 g/mol. The standard InChI is InChI=1S/C11H13NO5S/c13-10-6-18(16,17)5-9(10)12-8-3-1-2-7(4-8)11(14)15/h1-4,9-10,12-13H,5-6H2,(H,14,15)/t9-,10+/m0/s1. The van der Waals surface area contributed by atoms with Gasteiger partial charge in [-0.05, 0) is 18.2 Å². The summed E-state index contributed by atoms with van der Waals surface area (Å²) in [7, 11) is -3.22. The lowest BCUT2D eigenvalue weighted by molar-refractivity contribution is 0.0697. The number of carbonyl (C=O) groups is 1. The third-order valence-corrected chi connectivity index (χ3v) is 4.50. The molecule has 0 aromatic heterocycles. The Kier molecular flexibility index (Phi) is 3.27. The van der Waals surface area contributed by atoms with Gasteiger partial charge < -0.3 is 15.5 Å². The van der Waals surface area contributed by atoms with Crippen LogP contribution in [0.25, 0.3) is 0 Å². The van der Waals surface area contributed by atoms with Crippen molar-refractivity contribution >= 4 is 21.5 Å². The minimum Gasteiger partial charge on any atom is -0.478 e. The van der Waals surface area contributed by atoms with Gasteiger partial charge in [-0.3, -0.25) is 0 Å². The molecular formula is C11H13NO5S. The van der Waals surface area contributed by atoms with Crippen LogP contribution in [0.1, 0.15) is 10.4 Å². The van der Waals surface area contributed by atoms with Crippen molar-refractivity contribution in [2.75, 3.05) is 16.8 Å². The van der Waals surface area contributed by atoms with Gasteiger partial charge in [-0.1, -0.05) is 6.07 Å². The number of aliphatic hydroxyl groups is 1. The summed E-state index contributed by atoms with van der Waals surface area (Å²) in [6.45, 7) is 0. The highest BCUT2D eigenvalue weighted by molar-refractivity contribution is 7.91.